The third-order valence-electron chi connectivity index (χ3n) is 10.5. The zero-order valence-electron chi connectivity index (χ0n) is 33.7. The number of rotatable bonds is 16. The van der Waals surface area contributed by atoms with Crippen LogP contribution in [0.1, 0.15) is 93.9 Å². The number of benzene rings is 1. The van der Waals surface area contributed by atoms with Gasteiger partial charge in [-0.3, -0.25) is 19.2 Å². The first-order valence-electron chi connectivity index (χ1n) is 18.9. The number of esters is 1. The maximum Gasteiger partial charge on any atom is 0.362 e. The van der Waals surface area contributed by atoms with E-state index in [0.29, 0.717) is 41.9 Å². The van der Waals surface area contributed by atoms with Crippen LogP contribution in [-0.4, -0.2) is 85.5 Å². The first kappa shape index (κ1) is 43.2. The van der Waals surface area contributed by atoms with Crippen LogP contribution in [-0.2, 0) is 38.4 Å². The molecule has 1 saturated heterocycles. The molecule has 2 aromatic rings. The van der Waals surface area contributed by atoms with E-state index in [1.54, 1.807) is 52.8 Å². The molecule has 1 aromatic carbocycles. The van der Waals surface area contributed by atoms with Crippen molar-refractivity contribution in [3.05, 3.63) is 35.9 Å². The van der Waals surface area contributed by atoms with E-state index in [-0.39, 0.29) is 43.1 Å². The highest BCUT2D eigenvalue weighted by molar-refractivity contribution is 7.85. The van der Waals surface area contributed by atoms with Crippen molar-refractivity contribution in [3.8, 4) is 17.4 Å². The van der Waals surface area contributed by atoms with Gasteiger partial charge in [-0.25, -0.2) is 13.9 Å². The Morgan fingerprint density at radius 3 is 2.36 bits per heavy atom. The van der Waals surface area contributed by atoms with Crippen molar-refractivity contribution in [2.45, 2.75) is 117 Å². The number of likely N-dealkylation sites (tertiary alicyclic amines) is 1. The summed E-state index contributed by atoms with van der Waals surface area (Å²) in [5, 5.41) is 0.779. The van der Waals surface area contributed by atoms with Crippen LogP contribution in [0.2, 0.25) is 5.02 Å². The lowest BCUT2D eigenvalue weighted by Gasteiger charge is -2.35. The molecule has 1 N–H and O–H groups in total. The quantitative estimate of drug-likeness (QED) is 0.152. The van der Waals surface area contributed by atoms with Gasteiger partial charge in [-0.2, -0.15) is 8.42 Å². The first-order chi connectivity index (χ1) is 25.9. The number of pyridine rings is 1. The summed E-state index contributed by atoms with van der Waals surface area (Å²) in [5.74, 6) is -2.78. The molecule has 2 aliphatic carbocycles. The molecule has 2 amide bonds. The molecule has 14 nitrogen and oxygen atoms in total. The van der Waals surface area contributed by atoms with E-state index < -0.39 is 79.9 Å². The van der Waals surface area contributed by atoms with Crippen molar-refractivity contribution in [1.82, 2.24) is 14.6 Å². The van der Waals surface area contributed by atoms with Gasteiger partial charge in [-0.15, -0.1) is 6.58 Å². The summed E-state index contributed by atoms with van der Waals surface area (Å²) >= 11 is 6.66. The number of aromatic nitrogens is 1. The molecule has 0 spiro atoms. The number of ketones is 1. The van der Waals surface area contributed by atoms with Crippen molar-refractivity contribution in [2.75, 3.05) is 20.3 Å². The predicted octanol–water partition coefficient (Wildman–Crippen LogP) is 6.12. The maximum atomic E-state index is 14.7. The average molecular weight is 820 g/mol. The number of fused-ring (bicyclic) bond motifs is 1. The molecule has 3 fully saturated rings. The molecule has 16 heteroatoms. The number of Topliss-reactive ketones (excluding diaryl/α,β-unsaturated/α-hetero) is 1. The number of ether oxygens (including phenoxy) is 4. The van der Waals surface area contributed by atoms with Gasteiger partial charge in [0.25, 0.3) is 0 Å². The van der Waals surface area contributed by atoms with E-state index in [4.69, 9.17) is 34.7 Å². The number of carbonyl (C=O) groups excluding carboxylic acids is 4. The normalized spacial score (nSPS) is 23.5. The number of nitrogens with zero attached hydrogens (tertiary/aromatic N) is 2. The molecule has 0 unspecified atom stereocenters. The number of hydrogen-bond donors (Lipinski definition) is 1. The third kappa shape index (κ3) is 9.76. The van der Waals surface area contributed by atoms with Crippen LogP contribution in [0.15, 0.2) is 30.9 Å². The second-order valence-corrected chi connectivity index (χ2v) is 19.0. The molecule has 2 heterocycles. The van der Waals surface area contributed by atoms with Crippen LogP contribution in [0.5, 0.6) is 17.4 Å². The summed E-state index contributed by atoms with van der Waals surface area (Å²) in [5.41, 5.74) is -3.45. The maximum absolute atomic E-state index is 14.7. The monoisotopic (exact) mass is 819 g/mol. The highest BCUT2D eigenvalue weighted by Crippen LogP contribution is 2.57. The predicted molar refractivity (Wildman–Crippen MR) is 209 cm³/mol. The van der Waals surface area contributed by atoms with Gasteiger partial charge in [0.1, 0.15) is 33.7 Å². The van der Waals surface area contributed by atoms with Gasteiger partial charge in [-0.05, 0) is 77.3 Å². The van der Waals surface area contributed by atoms with Crippen molar-refractivity contribution in [1.29, 1.82) is 0 Å². The fraction of sp³-hybridized carbons (Fsp3) is 0.625. The van der Waals surface area contributed by atoms with Gasteiger partial charge in [0, 0.05) is 24.3 Å². The van der Waals surface area contributed by atoms with Crippen molar-refractivity contribution < 1.29 is 50.7 Å². The second kappa shape index (κ2) is 15.8. The lowest BCUT2D eigenvalue weighted by molar-refractivity contribution is -0.161. The Morgan fingerprint density at radius 2 is 1.80 bits per heavy atom. The minimum atomic E-state index is -4.46. The Morgan fingerprint density at radius 1 is 1.12 bits per heavy atom. The van der Waals surface area contributed by atoms with Crippen LogP contribution in [0.3, 0.4) is 0 Å². The standard InChI is InChI=1S/C40H54ClN3O11S/c1-11-23-20-40(23,36(48)43-56(49,50)55-39(9)15-16-39)21-28(45)27-17-24(22-44(27)35(47)26(37(3,4)5)18-32(46)54-38(6,7)8)53-30-19-31(52-12-2)42-34-25(30)13-14-29(51-10)33(34)41/h11,13-14,19,23-24,26-27H,1,12,15-18,20-22H2,2-10H3,(H,43,48)/t23-,24-,26-,27+,40-/m1/s1. The van der Waals surface area contributed by atoms with Crippen LogP contribution < -0.4 is 18.9 Å². The van der Waals surface area contributed by atoms with E-state index in [0.717, 1.165) is 0 Å². The number of methoxy groups -OCH3 is 1. The van der Waals surface area contributed by atoms with Gasteiger partial charge in [0.2, 0.25) is 17.7 Å². The minimum absolute atomic E-state index is 0.0295. The van der Waals surface area contributed by atoms with Gasteiger partial charge in [-0.1, -0.05) is 38.4 Å². The Hall–Kier alpha value is -3.95. The molecular formula is C40H54ClN3O11S. The number of halogens is 1. The topological polar surface area (TPSA) is 177 Å². The first-order valence-corrected chi connectivity index (χ1v) is 20.7. The highest BCUT2D eigenvalue weighted by atomic mass is 35.5. The molecule has 5 rings (SSSR count). The van der Waals surface area contributed by atoms with E-state index in [9.17, 15) is 27.6 Å². The van der Waals surface area contributed by atoms with Crippen LogP contribution in [0, 0.1) is 22.7 Å². The molecule has 3 aliphatic rings. The van der Waals surface area contributed by atoms with E-state index in [1.165, 1.54) is 18.1 Å². The van der Waals surface area contributed by atoms with Gasteiger partial charge in [0.05, 0.1) is 49.7 Å². The molecule has 5 atom stereocenters. The molecule has 0 bridgehead atoms. The largest absolute Gasteiger partial charge is 0.495 e. The van der Waals surface area contributed by atoms with Gasteiger partial charge in [0.15, 0.2) is 5.78 Å². The average Bonchev–Trinajstić information content (AvgIpc) is 3.94. The smallest absolute Gasteiger partial charge is 0.362 e. The Labute approximate surface area is 334 Å². The molecule has 1 aromatic heterocycles. The second-order valence-electron chi connectivity index (χ2n) is 17.3. The summed E-state index contributed by atoms with van der Waals surface area (Å²) in [6.45, 7) is 18.2. The highest BCUT2D eigenvalue weighted by Gasteiger charge is 2.61. The third-order valence-corrected chi connectivity index (χ3v) is 11.9. The molecular weight excluding hydrogens is 766 g/mol. The Bertz CT molecular complexity index is 2000. The van der Waals surface area contributed by atoms with E-state index in [1.807, 2.05) is 25.5 Å². The lowest BCUT2D eigenvalue weighted by Crippen LogP contribution is -2.49. The number of allylic oxidation sites excluding steroid dienone is 1. The minimum Gasteiger partial charge on any atom is -0.495 e. The van der Waals surface area contributed by atoms with Crippen LogP contribution in [0.4, 0.5) is 0 Å². The van der Waals surface area contributed by atoms with Gasteiger partial charge < -0.3 is 23.8 Å². The molecule has 2 saturated carbocycles. The SMILES string of the molecule is C=C[C@@H]1C[C@]1(CC(=O)[C@@H]1C[C@@H](Oc2cc(OCC)nc3c(Cl)c(OC)ccc23)CN1C(=O)[C@@H](CC(=O)OC(C)(C)C)C(C)(C)C)C(=O)NS(=O)(=O)OC1(C)CC1. The van der Waals surface area contributed by atoms with E-state index in [2.05, 4.69) is 11.6 Å². The fourth-order valence-corrected chi connectivity index (χ4v) is 8.62. The summed E-state index contributed by atoms with van der Waals surface area (Å²) in [4.78, 5) is 62.0. The zero-order chi connectivity index (χ0) is 41.6. The fourth-order valence-electron chi connectivity index (χ4n) is 7.16. The van der Waals surface area contributed by atoms with Crippen LogP contribution in [0.25, 0.3) is 10.9 Å². The van der Waals surface area contributed by atoms with Crippen LogP contribution >= 0.6 is 11.6 Å². The van der Waals surface area contributed by atoms with Crippen molar-refractivity contribution in [2.24, 2.45) is 22.7 Å². The summed E-state index contributed by atoms with van der Waals surface area (Å²) in [7, 11) is -2.98. The molecule has 0 radical (unpaired) electrons. The number of carbonyl (C=O) groups is 4. The Kier molecular flexibility index (Phi) is 12.2. The number of hydrogen-bond acceptors (Lipinski definition) is 12. The zero-order valence-corrected chi connectivity index (χ0v) is 35.2. The van der Waals surface area contributed by atoms with Crippen molar-refractivity contribution in [3.63, 3.8) is 0 Å². The summed E-state index contributed by atoms with van der Waals surface area (Å²) < 4.78 is 56.2. The number of nitrogens with one attached hydrogen (secondary N) is 1. The molecule has 1 aliphatic heterocycles. The molecule has 56 heavy (non-hydrogen) atoms. The summed E-state index contributed by atoms with van der Waals surface area (Å²) in [6, 6.07) is 3.93. The van der Waals surface area contributed by atoms with Crippen molar-refractivity contribution >= 4 is 56.4 Å². The van der Waals surface area contributed by atoms with E-state index >= 15 is 0 Å². The number of amides is 2. The Balaban J connectivity index is 1.49. The molecule has 308 valence electrons. The summed E-state index contributed by atoms with van der Waals surface area (Å²) in [6.07, 6.45) is 1.43. The lowest BCUT2D eigenvalue weighted by atomic mass is 9.77. The van der Waals surface area contributed by atoms with Gasteiger partial charge >= 0.3 is 16.3 Å².